The number of aliphatic hydroxyl groups is 2. The summed E-state index contributed by atoms with van der Waals surface area (Å²) >= 11 is 0. The molecule has 0 saturated carbocycles. The van der Waals surface area contributed by atoms with Gasteiger partial charge in [-0.2, -0.15) is 0 Å². The largest absolute Gasteiger partial charge is 0.376 e. The van der Waals surface area contributed by atoms with Crippen LogP contribution in [0.25, 0.3) is 21.9 Å². The van der Waals surface area contributed by atoms with E-state index in [4.69, 9.17) is 0 Å². The first-order valence-electron chi connectivity index (χ1n) is 13.9. The molecule has 0 radical (unpaired) electrons. The zero-order chi connectivity index (χ0) is 28.5. The summed E-state index contributed by atoms with van der Waals surface area (Å²) in [6, 6.07) is 45.3. The third-order valence-corrected chi connectivity index (χ3v) is 7.91. The molecule has 2 unspecified atom stereocenters. The van der Waals surface area contributed by atoms with Crippen LogP contribution in [0.1, 0.15) is 45.0 Å². The van der Waals surface area contributed by atoms with Crippen molar-refractivity contribution in [3.05, 3.63) is 178 Å². The van der Waals surface area contributed by atoms with Crippen molar-refractivity contribution in [1.29, 1.82) is 0 Å². The molecule has 0 aliphatic heterocycles. The van der Waals surface area contributed by atoms with Crippen LogP contribution in [0.15, 0.2) is 140 Å². The van der Waals surface area contributed by atoms with E-state index >= 15 is 0 Å². The number of rotatable bonds is 2. The van der Waals surface area contributed by atoms with Crippen molar-refractivity contribution >= 4 is 10.8 Å². The molecule has 2 atom stereocenters. The molecule has 0 bridgehead atoms. The van der Waals surface area contributed by atoms with Crippen molar-refractivity contribution in [2.24, 2.45) is 0 Å². The second-order valence-electron chi connectivity index (χ2n) is 10.4. The van der Waals surface area contributed by atoms with E-state index in [9.17, 15) is 10.2 Å². The highest BCUT2D eigenvalue weighted by atomic mass is 16.3. The second-order valence-corrected chi connectivity index (χ2v) is 10.4. The lowest BCUT2D eigenvalue weighted by Gasteiger charge is -2.28. The maximum absolute atomic E-state index is 12.7. The van der Waals surface area contributed by atoms with Gasteiger partial charge in [-0.1, -0.05) is 139 Å². The van der Waals surface area contributed by atoms with Crippen LogP contribution in [-0.4, -0.2) is 10.2 Å². The van der Waals surface area contributed by atoms with E-state index in [2.05, 4.69) is 41.9 Å². The van der Waals surface area contributed by atoms with Crippen molar-refractivity contribution in [3.63, 3.8) is 0 Å². The molecule has 1 aliphatic carbocycles. The highest BCUT2D eigenvalue weighted by Gasteiger charge is 2.45. The van der Waals surface area contributed by atoms with E-state index in [1.807, 2.05) is 121 Å². The van der Waals surface area contributed by atoms with Gasteiger partial charge < -0.3 is 10.2 Å². The van der Waals surface area contributed by atoms with Crippen LogP contribution >= 0.6 is 0 Å². The molecule has 2 nitrogen and oxygen atoms in total. The van der Waals surface area contributed by atoms with Crippen molar-refractivity contribution in [2.75, 3.05) is 0 Å². The van der Waals surface area contributed by atoms with Gasteiger partial charge in [0.1, 0.15) is 11.7 Å². The van der Waals surface area contributed by atoms with Crippen LogP contribution in [0, 0.1) is 23.7 Å². The molecular formula is C40H26O2. The maximum atomic E-state index is 12.7. The van der Waals surface area contributed by atoms with Crippen LogP contribution in [-0.2, 0) is 5.60 Å². The van der Waals surface area contributed by atoms with Gasteiger partial charge in [0.25, 0.3) is 0 Å². The Labute approximate surface area is 245 Å². The van der Waals surface area contributed by atoms with Crippen LogP contribution in [0.3, 0.4) is 0 Å². The van der Waals surface area contributed by atoms with E-state index in [0.29, 0.717) is 11.1 Å². The summed E-state index contributed by atoms with van der Waals surface area (Å²) in [7, 11) is 0. The van der Waals surface area contributed by atoms with Crippen molar-refractivity contribution < 1.29 is 10.2 Å². The van der Waals surface area contributed by atoms with E-state index in [-0.39, 0.29) is 0 Å². The Kier molecular flexibility index (Phi) is 6.42. The zero-order valence-electron chi connectivity index (χ0n) is 22.8. The van der Waals surface area contributed by atoms with Gasteiger partial charge in [-0.05, 0) is 51.7 Å². The number of hydrogen-bond donors (Lipinski definition) is 2. The Morgan fingerprint density at radius 3 is 2.10 bits per heavy atom. The van der Waals surface area contributed by atoms with Gasteiger partial charge >= 0.3 is 0 Å². The first-order chi connectivity index (χ1) is 20.6. The Balaban J connectivity index is 1.41. The summed E-state index contributed by atoms with van der Waals surface area (Å²) in [5.74, 6) is 12.9. The van der Waals surface area contributed by atoms with Crippen molar-refractivity contribution in [2.45, 2.75) is 11.7 Å². The topological polar surface area (TPSA) is 40.5 Å². The Hall–Kier alpha value is -5.38. The van der Waals surface area contributed by atoms with Gasteiger partial charge in [-0.25, -0.2) is 0 Å². The number of hydrogen-bond acceptors (Lipinski definition) is 2. The lowest BCUT2D eigenvalue weighted by Crippen LogP contribution is -2.27. The van der Waals surface area contributed by atoms with E-state index in [1.165, 1.54) is 0 Å². The predicted molar refractivity (Wildman–Crippen MR) is 169 cm³/mol. The fraction of sp³-hybridized carbons (Fsp3) is 0.0500. The van der Waals surface area contributed by atoms with Crippen molar-refractivity contribution in [1.82, 2.24) is 0 Å². The fourth-order valence-electron chi connectivity index (χ4n) is 5.94. The molecule has 6 aromatic carbocycles. The third kappa shape index (κ3) is 4.28. The van der Waals surface area contributed by atoms with Crippen LogP contribution in [0.2, 0.25) is 0 Å². The first kappa shape index (κ1) is 25.6. The smallest absolute Gasteiger partial charge is 0.142 e. The molecule has 42 heavy (non-hydrogen) atoms. The summed E-state index contributed by atoms with van der Waals surface area (Å²) in [5.41, 5.74) is 5.85. The van der Waals surface area contributed by atoms with Crippen molar-refractivity contribution in [3.8, 4) is 34.8 Å². The molecule has 198 valence electrons. The van der Waals surface area contributed by atoms with Gasteiger partial charge in [0, 0.05) is 33.4 Å². The Morgan fingerprint density at radius 2 is 1.26 bits per heavy atom. The molecule has 2 N–H and O–H groups in total. The third-order valence-electron chi connectivity index (χ3n) is 7.91. The van der Waals surface area contributed by atoms with Gasteiger partial charge in [0.2, 0.25) is 0 Å². The minimum atomic E-state index is -1.40. The van der Waals surface area contributed by atoms with Gasteiger partial charge in [-0.3, -0.25) is 0 Å². The molecule has 0 aromatic heterocycles. The molecular weight excluding hydrogens is 512 g/mol. The molecule has 2 heteroatoms. The zero-order valence-corrected chi connectivity index (χ0v) is 22.8. The van der Waals surface area contributed by atoms with Gasteiger partial charge in [0.15, 0.2) is 0 Å². The van der Waals surface area contributed by atoms with Crippen LogP contribution < -0.4 is 0 Å². The molecule has 1 aliphatic rings. The molecule has 7 rings (SSSR count). The van der Waals surface area contributed by atoms with E-state index in [0.717, 1.165) is 49.7 Å². The van der Waals surface area contributed by atoms with Crippen LogP contribution in [0.4, 0.5) is 0 Å². The summed E-state index contributed by atoms with van der Waals surface area (Å²) in [6.45, 7) is 0. The van der Waals surface area contributed by atoms with Gasteiger partial charge in [-0.15, -0.1) is 0 Å². The standard InChI is InChI=1S/C40H26O2/c41-38(33-20-10-7-15-29(33)24-23-28-13-3-1-4-14-28)26-25-35-32-19-9-8-16-30(32)27-36-34-21-11-12-22-37(34)40(42,39(35)36)31-17-5-2-6-18-31/h1-22,27,38,41-42H. The Bertz CT molecular complexity index is 2070. The molecule has 0 spiro atoms. The maximum Gasteiger partial charge on any atom is 0.142 e. The molecule has 0 fully saturated rings. The number of fused-ring (bicyclic) bond motifs is 4. The normalized spacial score (nSPS) is 15.5. The number of benzene rings is 6. The summed E-state index contributed by atoms with van der Waals surface area (Å²) in [4.78, 5) is 0. The summed E-state index contributed by atoms with van der Waals surface area (Å²) in [6.07, 6.45) is -1.07. The monoisotopic (exact) mass is 538 g/mol. The van der Waals surface area contributed by atoms with Gasteiger partial charge in [0.05, 0.1) is 0 Å². The quantitative estimate of drug-likeness (QED) is 0.223. The average Bonchev–Trinajstić information content (AvgIpc) is 3.31. The van der Waals surface area contributed by atoms with Crippen LogP contribution in [0.5, 0.6) is 0 Å². The van der Waals surface area contributed by atoms with E-state index < -0.39 is 11.7 Å². The predicted octanol–water partition coefficient (Wildman–Crippen LogP) is 7.59. The summed E-state index contributed by atoms with van der Waals surface area (Å²) in [5, 5.41) is 26.0. The highest BCUT2D eigenvalue weighted by Crippen LogP contribution is 2.53. The SMILES string of the molecule is OC(C#Cc1c2c(cc3ccccc13)-c1ccccc1C2(O)c1ccccc1)c1ccccc1C#Cc1ccccc1. The Morgan fingerprint density at radius 1 is 0.595 bits per heavy atom. The summed E-state index contributed by atoms with van der Waals surface area (Å²) < 4.78 is 0. The number of aliphatic hydroxyl groups excluding tert-OH is 1. The first-order valence-corrected chi connectivity index (χ1v) is 13.9. The second kappa shape index (κ2) is 10.5. The minimum Gasteiger partial charge on any atom is -0.376 e. The molecule has 0 heterocycles. The lowest BCUT2D eigenvalue weighted by molar-refractivity contribution is 0.130. The lowest BCUT2D eigenvalue weighted by atomic mass is 9.81. The fourth-order valence-corrected chi connectivity index (χ4v) is 5.94. The molecule has 0 amide bonds. The average molecular weight is 539 g/mol. The molecule has 0 saturated heterocycles. The minimum absolute atomic E-state index is 0.645. The molecule has 6 aromatic rings. The van der Waals surface area contributed by atoms with E-state index in [1.54, 1.807) is 0 Å². The highest BCUT2D eigenvalue weighted by molar-refractivity contribution is 5.99.